The number of thioether (sulfide) groups is 1. The molecule has 1 unspecified atom stereocenters. The van der Waals surface area contributed by atoms with Crippen molar-refractivity contribution in [2.24, 2.45) is 0 Å². The molecule has 0 spiro atoms. The molecule has 5 heteroatoms. The molecule has 1 aromatic carbocycles. The molecule has 2 heterocycles. The summed E-state index contributed by atoms with van der Waals surface area (Å²) in [5.74, 6) is 2.94. The van der Waals surface area contributed by atoms with E-state index in [0.29, 0.717) is 19.1 Å². The van der Waals surface area contributed by atoms with Crippen LogP contribution in [0.5, 0.6) is 0 Å². The summed E-state index contributed by atoms with van der Waals surface area (Å²) in [5.41, 5.74) is 1.29. The Balaban J connectivity index is 1.58. The maximum Gasteiger partial charge on any atom is 0.234 e. The quantitative estimate of drug-likeness (QED) is 0.921. The average Bonchev–Trinajstić information content (AvgIpc) is 3.08. The predicted octanol–water partition coefficient (Wildman–Crippen LogP) is 2.69. The molecule has 2 aromatic rings. The Morgan fingerprint density at radius 1 is 1.27 bits per heavy atom. The van der Waals surface area contributed by atoms with Gasteiger partial charge in [0.2, 0.25) is 5.91 Å². The Morgan fingerprint density at radius 2 is 2.14 bits per heavy atom. The van der Waals surface area contributed by atoms with Gasteiger partial charge in [0.25, 0.3) is 0 Å². The van der Waals surface area contributed by atoms with E-state index >= 15 is 0 Å². The number of carbonyl (C=O) groups is 1. The molecule has 1 amide bonds. The van der Waals surface area contributed by atoms with Gasteiger partial charge in [-0.25, -0.2) is 0 Å². The molecule has 0 bridgehead atoms. The summed E-state index contributed by atoms with van der Waals surface area (Å²) in [7, 11) is 0. The number of nitrogens with one attached hydrogen (secondary N) is 1. The minimum Gasteiger partial charge on any atom is -0.467 e. The molecule has 3 rings (SSSR count). The molecular weight excluding hydrogens is 296 g/mol. The molecule has 1 aliphatic heterocycles. The fourth-order valence-corrected chi connectivity index (χ4v) is 3.81. The Hall–Kier alpha value is -1.72. The molecule has 0 saturated carbocycles. The maximum atomic E-state index is 12.2. The minimum absolute atomic E-state index is 0.0456. The monoisotopic (exact) mass is 316 g/mol. The maximum absolute atomic E-state index is 12.2. The van der Waals surface area contributed by atoms with Crippen molar-refractivity contribution in [2.45, 2.75) is 12.6 Å². The van der Waals surface area contributed by atoms with Crippen molar-refractivity contribution in [1.29, 1.82) is 0 Å². The molecule has 116 valence electrons. The highest BCUT2D eigenvalue weighted by Gasteiger charge is 2.25. The van der Waals surface area contributed by atoms with Crippen LogP contribution in [0.2, 0.25) is 0 Å². The highest BCUT2D eigenvalue weighted by atomic mass is 32.2. The molecule has 1 N–H and O–H groups in total. The molecule has 0 radical (unpaired) electrons. The first-order chi connectivity index (χ1) is 10.8. The van der Waals surface area contributed by atoms with Gasteiger partial charge in [-0.2, -0.15) is 11.8 Å². The van der Waals surface area contributed by atoms with Crippen LogP contribution in [0.4, 0.5) is 0 Å². The van der Waals surface area contributed by atoms with Crippen molar-refractivity contribution in [2.75, 3.05) is 24.6 Å². The van der Waals surface area contributed by atoms with E-state index in [1.165, 1.54) is 5.56 Å². The molecule has 1 fully saturated rings. The summed E-state index contributed by atoms with van der Waals surface area (Å²) >= 11 is 1.95. The van der Waals surface area contributed by atoms with Crippen LogP contribution in [-0.4, -0.2) is 35.4 Å². The Labute approximate surface area is 134 Å². The van der Waals surface area contributed by atoms with Gasteiger partial charge in [0.05, 0.1) is 19.4 Å². The van der Waals surface area contributed by atoms with Gasteiger partial charge < -0.3 is 9.73 Å². The van der Waals surface area contributed by atoms with E-state index in [4.69, 9.17) is 4.42 Å². The Kier molecular flexibility index (Phi) is 5.19. The predicted molar refractivity (Wildman–Crippen MR) is 88.6 cm³/mol. The number of benzene rings is 1. The number of hydrogen-bond donors (Lipinski definition) is 1. The van der Waals surface area contributed by atoms with E-state index in [-0.39, 0.29) is 5.91 Å². The lowest BCUT2D eigenvalue weighted by molar-refractivity contribution is -0.123. The Morgan fingerprint density at radius 3 is 2.91 bits per heavy atom. The van der Waals surface area contributed by atoms with Gasteiger partial charge in [-0.15, -0.1) is 0 Å². The van der Waals surface area contributed by atoms with E-state index in [0.717, 1.165) is 23.8 Å². The fourth-order valence-electron chi connectivity index (χ4n) is 2.65. The van der Waals surface area contributed by atoms with Crippen LogP contribution < -0.4 is 5.32 Å². The molecular formula is C17H20N2O2S. The van der Waals surface area contributed by atoms with Gasteiger partial charge in [0.1, 0.15) is 5.76 Å². The molecule has 1 aromatic heterocycles. The summed E-state index contributed by atoms with van der Waals surface area (Å²) in [4.78, 5) is 14.4. The first-order valence-electron chi connectivity index (χ1n) is 7.49. The number of amides is 1. The second kappa shape index (κ2) is 7.51. The topological polar surface area (TPSA) is 45.5 Å². The standard InChI is InChI=1S/C17H20N2O2S/c20-17(18-11-15-7-4-9-21-15)12-19-8-10-22-13-16(19)14-5-2-1-3-6-14/h1-7,9,16H,8,10-13H2,(H,18,20). The van der Waals surface area contributed by atoms with E-state index in [1.807, 2.05) is 30.0 Å². The minimum atomic E-state index is 0.0456. The van der Waals surface area contributed by atoms with Gasteiger partial charge in [-0.1, -0.05) is 30.3 Å². The Bertz CT molecular complexity index is 586. The van der Waals surface area contributed by atoms with Crippen molar-refractivity contribution < 1.29 is 9.21 Å². The molecule has 4 nitrogen and oxygen atoms in total. The van der Waals surface area contributed by atoms with Gasteiger partial charge >= 0.3 is 0 Å². The first-order valence-corrected chi connectivity index (χ1v) is 8.64. The number of carbonyl (C=O) groups excluding carboxylic acids is 1. The van der Waals surface area contributed by atoms with Crippen LogP contribution in [-0.2, 0) is 11.3 Å². The second-order valence-corrected chi connectivity index (χ2v) is 6.48. The average molecular weight is 316 g/mol. The van der Waals surface area contributed by atoms with Crippen molar-refractivity contribution in [1.82, 2.24) is 10.2 Å². The number of furan rings is 1. The zero-order valence-corrected chi connectivity index (χ0v) is 13.2. The summed E-state index contributed by atoms with van der Waals surface area (Å²) < 4.78 is 5.23. The third-order valence-electron chi connectivity index (χ3n) is 3.81. The summed E-state index contributed by atoms with van der Waals surface area (Å²) in [5, 5.41) is 2.92. The fraction of sp³-hybridized carbons (Fsp3) is 0.353. The smallest absolute Gasteiger partial charge is 0.234 e. The SMILES string of the molecule is O=C(CN1CCSCC1c1ccccc1)NCc1ccco1. The summed E-state index contributed by atoms with van der Waals surface area (Å²) in [6.45, 7) is 1.82. The van der Waals surface area contributed by atoms with Crippen LogP contribution in [0, 0.1) is 0 Å². The van der Waals surface area contributed by atoms with Crippen molar-refractivity contribution >= 4 is 17.7 Å². The summed E-state index contributed by atoms with van der Waals surface area (Å²) in [6, 6.07) is 14.4. The first kappa shape index (κ1) is 15.2. The zero-order valence-electron chi connectivity index (χ0n) is 12.4. The summed E-state index contributed by atoms with van der Waals surface area (Å²) in [6.07, 6.45) is 1.62. The van der Waals surface area contributed by atoms with Crippen LogP contribution in [0.3, 0.4) is 0 Å². The van der Waals surface area contributed by atoms with E-state index in [1.54, 1.807) is 6.26 Å². The largest absolute Gasteiger partial charge is 0.467 e. The van der Waals surface area contributed by atoms with E-state index < -0.39 is 0 Å². The van der Waals surface area contributed by atoms with Crippen LogP contribution in [0.25, 0.3) is 0 Å². The highest BCUT2D eigenvalue weighted by molar-refractivity contribution is 7.99. The lowest BCUT2D eigenvalue weighted by Crippen LogP contribution is -2.43. The van der Waals surface area contributed by atoms with Gasteiger partial charge in [-0.05, 0) is 17.7 Å². The molecule has 1 atom stereocenters. The lowest BCUT2D eigenvalue weighted by atomic mass is 10.1. The van der Waals surface area contributed by atoms with Crippen LogP contribution >= 0.6 is 11.8 Å². The van der Waals surface area contributed by atoms with E-state index in [9.17, 15) is 4.79 Å². The van der Waals surface area contributed by atoms with Crippen molar-refractivity contribution in [3.05, 3.63) is 60.1 Å². The van der Waals surface area contributed by atoms with Gasteiger partial charge in [-0.3, -0.25) is 9.69 Å². The number of nitrogens with zero attached hydrogens (tertiary/aromatic N) is 1. The van der Waals surface area contributed by atoms with Crippen molar-refractivity contribution in [3.8, 4) is 0 Å². The molecule has 0 aliphatic carbocycles. The number of rotatable bonds is 5. The second-order valence-electron chi connectivity index (χ2n) is 5.33. The molecule has 1 saturated heterocycles. The molecule has 22 heavy (non-hydrogen) atoms. The van der Waals surface area contributed by atoms with Gasteiger partial charge in [0, 0.05) is 24.1 Å². The third-order valence-corrected chi connectivity index (χ3v) is 4.83. The lowest BCUT2D eigenvalue weighted by Gasteiger charge is -2.35. The highest BCUT2D eigenvalue weighted by Crippen LogP contribution is 2.28. The zero-order chi connectivity index (χ0) is 15.2. The number of hydrogen-bond acceptors (Lipinski definition) is 4. The normalized spacial score (nSPS) is 19.0. The molecule has 1 aliphatic rings. The van der Waals surface area contributed by atoms with Crippen LogP contribution in [0.15, 0.2) is 53.1 Å². The van der Waals surface area contributed by atoms with E-state index in [2.05, 4.69) is 34.5 Å². The van der Waals surface area contributed by atoms with Crippen LogP contribution in [0.1, 0.15) is 17.4 Å². The van der Waals surface area contributed by atoms with Gasteiger partial charge in [0.15, 0.2) is 0 Å². The van der Waals surface area contributed by atoms with Crippen molar-refractivity contribution in [3.63, 3.8) is 0 Å². The third kappa shape index (κ3) is 3.93.